The maximum Gasteiger partial charge on any atom is 0.110 e. The maximum atomic E-state index is 10.0. The monoisotopic (exact) mass is 282 g/mol. The molecule has 0 saturated carbocycles. The Morgan fingerprint density at radius 1 is 1.05 bits per heavy atom. The number of aromatic nitrogens is 1. The summed E-state index contributed by atoms with van der Waals surface area (Å²) in [4.78, 5) is 2.96. The molecular weight excluding hydrogens is 262 g/mol. The fourth-order valence-electron chi connectivity index (χ4n) is 2.05. The van der Waals surface area contributed by atoms with Crippen molar-refractivity contribution in [2.75, 3.05) is 6.61 Å². The molecule has 1 unspecified atom stereocenters. The number of aliphatic hydroxyl groups is 5. The van der Waals surface area contributed by atoms with Crippen LogP contribution in [0.2, 0.25) is 0 Å². The zero-order chi connectivity index (χ0) is 15.6. The van der Waals surface area contributed by atoms with Crippen LogP contribution in [0.5, 0.6) is 0 Å². The summed E-state index contributed by atoms with van der Waals surface area (Å²) >= 11 is 0. The van der Waals surface area contributed by atoms with Gasteiger partial charge in [0.05, 0.1) is 12.7 Å². The van der Waals surface area contributed by atoms with Crippen LogP contribution in [0.4, 0.5) is 0 Å². The lowest BCUT2D eigenvalue weighted by Crippen LogP contribution is -2.46. The van der Waals surface area contributed by atoms with Gasteiger partial charge in [0.15, 0.2) is 0 Å². The number of hydrogen-bond acceptors (Lipinski definition) is 5. The van der Waals surface area contributed by atoms with Crippen LogP contribution >= 0.6 is 0 Å². The molecule has 0 amide bonds. The Bertz CT molecular complexity index is 590. The van der Waals surface area contributed by atoms with Gasteiger partial charge in [-0.1, -0.05) is 18.2 Å². The van der Waals surface area contributed by atoms with Crippen molar-refractivity contribution < 1.29 is 26.9 Å². The molecule has 20 heavy (non-hydrogen) atoms. The summed E-state index contributed by atoms with van der Waals surface area (Å²) in [6, 6.07) is 7.22. The van der Waals surface area contributed by atoms with Crippen LogP contribution in [0.25, 0.3) is 10.9 Å². The summed E-state index contributed by atoms with van der Waals surface area (Å²) < 4.78 is 8.05. The highest BCUT2D eigenvalue weighted by Gasteiger charge is 2.30. The van der Waals surface area contributed by atoms with Gasteiger partial charge in [-0.15, -0.1) is 0 Å². The zero-order valence-corrected chi connectivity index (χ0v) is 10.7. The molecule has 0 saturated heterocycles. The van der Waals surface area contributed by atoms with E-state index in [-0.39, 0.29) is 0 Å². The van der Waals surface area contributed by atoms with Gasteiger partial charge in [0, 0.05) is 24.9 Å². The first kappa shape index (κ1) is 13.5. The molecule has 0 aliphatic rings. The van der Waals surface area contributed by atoms with Gasteiger partial charge < -0.3 is 30.5 Å². The lowest BCUT2D eigenvalue weighted by Gasteiger charge is -2.25. The van der Waals surface area contributed by atoms with Crippen LogP contribution in [0, 0.1) is 0 Å². The highest BCUT2D eigenvalue weighted by atomic mass is 16.4. The summed E-state index contributed by atoms with van der Waals surface area (Å²) in [5.74, 6) is 0. The quantitative estimate of drug-likeness (QED) is 0.412. The molecule has 2 aromatic rings. The molecule has 0 bridgehead atoms. The Hall–Kier alpha value is -1.44. The van der Waals surface area contributed by atoms with Gasteiger partial charge in [-0.3, -0.25) is 0 Å². The Balaban J connectivity index is 2.20. The van der Waals surface area contributed by atoms with Crippen molar-refractivity contribution in [2.24, 2.45) is 0 Å². The molecule has 1 aromatic heterocycles. The predicted octanol–water partition coefficient (Wildman–Crippen LogP) is -0.854. The SMILES string of the molecule is [2H]C(c1c[nH]c2ccccc12)[C@@H](O)[C@@H](O)[C@H](O)[C@H](O)CO. The Kier molecular flexibility index (Phi) is 4.29. The number of hydrogen-bond donors (Lipinski definition) is 6. The number of para-hydroxylation sites is 1. The highest BCUT2D eigenvalue weighted by molar-refractivity contribution is 5.83. The van der Waals surface area contributed by atoms with E-state index < -0.39 is 37.4 Å². The van der Waals surface area contributed by atoms with E-state index in [0.29, 0.717) is 5.56 Å². The van der Waals surface area contributed by atoms with Gasteiger partial charge in [-0.05, 0) is 11.6 Å². The molecule has 2 rings (SSSR count). The predicted molar refractivity (Wildman–Crippen MR) is 73.1 cm³/mol. The lowest BCUT2D eigenvalue weighted by atomic mass is 9.97. The van der Waals surface area contributed by atoms with E-state index in [1.807, 2.05) is 12.1 Å². The molecule has 6 heteroatoms. The van der Waals surface area contributed by atoms with Crippen molar-refractivity contribution in [3.05, 3.63) is 36.0 Å². The van der Waals surface area contributed by atoms with Crippen molar-refractivity contribution in [2.45, 2.75) is 30.8 Å². The van der Waals surface area contributed by atoms with E-state index >= 15 is 0 Å². The molecule has 110 valence electrons. The second-order valence-corrected chi connectivity index (χ2v) is 4.68. The Morgan fingerprint density at radius 2 is 1.70 bits per heavy atom. The summed E-state index contributed by atoms with van der Waals surface area (Å²) in [7, 11) is 0. The van der Waals surface area contributed by atoms with Gasteiger partial charge in [0.1, 0.15) is 18.3 Å². The molecule has 0 spiro atoms. The van der Waals surface area contributed by atoms with Crippen LogP contribution in [-0.2, 0) is 6.40 Å². The largest absolute Gasteiger partial charge is 0.394 e. The molecule has 5 atom stereocenters. The van der Waals surface area contributed by atoms with E-state index in [0.717, 1.165) is 10.9 Å². The molecule has 6 N–H and O–H groups in total. The molecule has 0 fully saturated rings. The molecule has 1 heterocycles. The molecule has 0 aliphatic carbocycles. The average Bonchev–Trinajstić information content (AvgIpc) is 2.95. The molecule has 0 radical (unpaired) electrons. The maximum absolute atomic E-state index is 10.0. The van der Waals surface area contributed by atoms with Crippen LogP contribution in [-0.4, -0.2) is 61.5 Å². The second-order valence-electron chi connectivity index (χ2n) is 4.68. The summed E-state index contributed by atoms with van der Waals surface area (Å²) in [5, 5.41) is 48.2. The molecule has 6 nitrogen and oxygen atoms in total. The van der Waals surface area contributed by atoms with Gasteiger partial charge in [0.2, 0.25) is 0 Å². The fourth-order valence-corrected chi connectivity index (χ4v) is 2.05. The zero-order valence-electron chi connectivity index (χ0n) is 11.7. The number of aromatic amines is 1. The standard InChI is InChI=1S/C14H19NO5/c16-7-12(18)14(20)13(19)11(17)5-8-6-15-10-4-2-1-3-9(8)10/h1-4,6,11-20H,5,7H2/t11-,12-,13-,14-/m1/s1/i5D/t5?,11-,12-,13-,14-. The topological polar surface area (TPSA) is 117 Å². The van der Waals surface area contributed by atoms with E-state index in [9.17, 15) is 20.4 Å². The summed E-state index contributed by atoms with van der Waals surface area (Å²) in [6.45, 7) is -0.749. The Morgan fingerprint density at radius 3 is 2.40 bits per heavy atom. The third kappa shape index (κ3) is 3.00. The first-order valence-electron chi connectivity index (χ1n) is 6.86. The van der Waals surface area contributed by atoms with E-state index in [1.165, 1.54) is 0 Å². The summed E-state index contributed by atoms with van der Waals surface area (Å²) in [5.41, 5.74) is 1.27. The first-order valence-corrected chi connectivity index (χ1v) is 6.28. The Labute approximate surface area is 117 Å². The number of aliphatic hydroxyl groups excluding tert-OH is 5. The minimum atomic E-state index is -1.75. The molecular formula is C14H19NO5. The molecule has 0 aliphatic heterocycles. The van der Waals surface area contributed by atoms with Crippen molar-refractivity contribution in [1.82, 2.24) is 4.98 Å². The van der Waals surface area contributed by atoms with Crippen LogP contribution in [0.3, 0.4) is 0 Å². The molecule has 1 aromatic carbocycles. The van der Waals surface area contributed by atoms with Crippen LogP contribution in [0.1, 0.15) is 6.93 Å². The number of H-pyrrole nitrogens is 1. The van der Waals surface area contributed by atoms with Crippen LogP contribution in [0.15, 0.2) is 30.5 Å². The van der Waals surface area contributed by atoms with Crippen molar-refractivity contribution in [3.8, 4) is 0 Å². The number of nitrogens with one attached hydrogen (secondary N) is 1. The normalized spacial score (nSPS) is 20.1. The van der Waals surface area contributed by atoms with Crippen LogP contribution < -0.4 is 0 Å². The number of benzene rings is 1. The van der Waals surface area contributed by atoms with E-state index in [4.69, 9.17) is 6.48 Å². The van der Waals surface area contributed by atoms with Gasteiger partial charge in [-0.2, -0.15) is 0 Å². The minimum absolute atomic E-state index is 0.475. The summed E-state index contributed by atoms with van der Waals surface area (Å²) in [6.07, 6.45) is -6.32. The van der Waals surface area contributed by atoms with E-state index in [2.05, 4.69) is 4.98 Å². The van der Waals surface area contributed by atoms with Crippen molar-refractivity contribution in [3.63, 3.8) is 0 Å². The lowest BCUT2D eigenvalue weighted by molar-refractivity contribution is -0.114. The number of rotatable bonds is 6. The van der Waals surface area contributed by atoms with Gasteiger partial charge >= 0.3 is 0 Å². The fraction of sp³-hybridized carbons (Fsp3) is 0.429. The van der Waals surface area contributed by atoms with Gasteiger partial charge in [0.25, 0.3) is 0 Å². The average molecular weight is 282 g/mol. The van der Waals surface area contributed by atoms with Crippen molar-refractivity contribution in [1.29, 1.82) is 0 Å². The van der Waals surface area contributed by atoms with E-state index in [1.54, 1.807) is 18.3 Å². The highest BCUT2D eigenvalue weighted by Crippen LogP contribution is 2.20. The third-order valence-corrected chi connectivity index (χ3v) is 3.25. The first-order chi connectivity index (χ1) is 9.97. The second kappa shape index (κ2) is 6.34. The smallest absolute Gasteiger partial charge is 0.110 e. The minimum Gasteiger partial charge on any atom is -0.394 e. The number of fused-ring (bicyclic) bond motifs is 1. The third-order valence-electron chi connectivity index (χ3n) is 3.25. The van der Waals surface area contributed by atoms with Crippen molar-refractivity contribution >= 4 is 10.9 Å². The van der Waals surface area contributed by atoms with Gasteiger partial charge in [-0.25, -0.2) is 0 Å².